The quantitative estimate of drug-likeness (QED) is 0.720. The van der Waals surface area contributed by atoms with Crippen molar-refractivity contribution in [3.63, 3.8) is 0 Å². The van der Waals surface area contributed by atoms with E-state index in [4.69, 9.17) is 16.3 Å². The summed E-state index contributed by atoms with van der Waals surface area (Å²) in [7, 11) is 1.41. The molecule has 0 N–H and O–H groups in total. The Morgan fingerprint density at radius 1 is 1.39 bits per heavy atom. The smallest absolute Gasteiger partial charge is 0.387 e. The summed E-state index contributed by atoms with van der Waals surface area (Å²) in [4.78, 5) is 0. The van der Waals surface area contributed by atoms with Crippen LogP contribution in [0.4, 0.5) is 8.78 Å². The van der Waals surface area contributed by atoms with E-state index in [9.17, 15) is 8.78 Å². The van der Waals surface area contributed by atoms with Gasteiger partial charge in [-0.15, -0.1) is 11.6 Å². The van der Waals surface area contributed by atoms with E-state index < -0.39 is 6.61 Å². The molecule has 5 heteroatoms. The molecule has 0 amide bonds. The first kappa shape index (κ1) is 14.8. The fourth-order valence-electron chi connectivity index (χ4n) is 1.44. The highest BCUT2D eigenvalue weighted by molar-refractivity contribution is 6.19. The van der Waals surface area contributed by atoms with Gasteiger partial charge in [-0.2, -0.15) is 8.78 Å². The van der Waals surface area contributed by atoms with E-state index in [0.717, 1.165) is 17.6 Å². The molecule has 2 nitrogen and oxygen atoms in total. The first-order valence-corrected chi connectivity index (χ1v) is 6.02. The van der Waals surface area contributed by atoms with Crippen LogP contribution in [0.3, 0.4) is 0 Å². The number of rotatable bonds is 6. The maximum absolute atomic E-state index is 12.1. The molecule has 18 heavy (non-hydrogen) atoms. The van der Waals surface area contributed by atoms with E-state index in [2.05, 4.69) is 4.74 Å². The van der Waals surface area contributed by atoms with Gasteiger partial charge in [0.25, 0.3) is 0 Å². The molecule has 0 heterocycles. The molecule has 1 rings (SSSR count). The molecule has 0 fully saturated rings. The van der Waals surface area contributed by atoms with E-state index >= 15 is 0 Å². The number of halogens is 3. The Bertz CT molecular complexity index is 413. The number of hydrogen-bond donors (Lipinski definition) is 0. The number of methoxy groups -OCH3 is 1. The maximum atomic E-state index is 12.1. The number of benzene rings is 1. The monoisotopic (exact) mass is 276 g/mol. The average Bonchev–Trinajstić information content (AvgIpc) is 2.36. The third-order valence-electron chi connectivity index (χ3n) is 2.40. The minimum absolute atomic E-state index is 0.0218. The molecule has 100 valence electrons. The largest absolute Gasteiger partial charge is 0.493 e. The van der Waals surface area contributed by atoms with Gasteiger partial charge in [-0.05, 0) is 24.1 Å². The Morgan fingerprint density at radius 2 is 2.11 bits per heavy atom. The van der Waals surface area contributed by atoms with Crippen molar-refractivity contribution < 1.29 is 18.3 Å². The van der Waals surface area contributed by atoms with Gasteiger partial charge in [0.1, 0.15) is 0 Å². The second-order valence-corrected chi connectivity index (χ2v) is 3.85. The predicted octanol–water partition coefficient (Wildman–Crippen LogP) is 4.33. The topological polar surface area (TPSA) is 18.5 Å². The van der Waals surface area contributed by atoms with E-state index in [-0.39, 0.29) is 11.5 Å². The van der Waals surface area contributed by atoms with E-state index in [0.29, 0.717) is 5.88 Å². The zero-order valence-electron chi connectivity index (χ0n) is 10.3. The zero-order chi connectivity index (χ0) is 13.5. The molecule has 0 radical (unpaired) electrons. The summed E-state index contributed by atoms with van der Waals surface area (Å²) in [6, 6.07) is 4.78. The first-order chi connectivity index (χ1) is 8.60. The molecule has 0 unspecified atom stereocenters. The van der Waals surface area contributed by atoms with Crippen molar-refractivity contribution in [2.45, 2.75) is 20.0 Å². The number of alkyl halides is 3. The van der Waals surface area contributed by atoms with Gasteiger partial charge in [0, 0.05) is 5.88 Å². The van der Waals surface area contributed by atoms with Crippen molar-refractivity contribution in [3.05, 3.63) is 29.3 Å². The fraction of sp³-hybridized carbons (Fsp3) is 0.385. The fourth-order valence-corrected chi connectivity index (χ4v) is 1.70. The van der Waals surface area contributed by atoms with Crippen molar-refractivity contribution >= 4 is 17.7 Å². The minimum atomic E-state index is -2.87. The van der Waals surface area contributed by atoms with Gasteiger partial charge in [0.15, 0.2) is 11.5 Å². The standard InChI is InChI=1S/C13H15ClF2O2/c1-3-9(8-14)6-10-4-5-11(18-13(15)16)12(7-10)17-2/h4-7,13H,3,8H2,1-2H3. The molecule has 0 aliphatic heterocycles. The summed E-state index contributed by atoms with van der Waals surface area (Å²) in [6.07, 6.45) is 2.74. The van der Waals surface area contributed by atoms with Crippen LogP contribution >= 0.6 is 11.6 Å². The van der Waals surface area contributed by atoms with Crippen molar-refractivity contribution in [2.75, 3.05) is 13.0 Å². The van der Waals surface area contributed by atoms with Gasteiger partial charge in [0.05, 0.1) is 7.11 Å². The average molecular weight is 277 g/mol. The molecule has 0 saturated heterocycles. The molecule has 0 bridgehead atoms. The SMILES string of the molecule is CCC(=Cc1ccc(OC(F)F)c(OC)c1)CCl. The first-order valence-electron chi connectivity index (χ1n) is 5.49. The van der Waals surface area contributed by atoms with Crippen molar-refractivity contribution in [1.82, 2.24) is 0 Å². The van der Waals surface area contributed by atoms with Crippen LogP contribution in [0.1, 0.15) is 18.9 Å². The Hall–Kier alpha value is -1.29. The Kier molecular flexibility index (Phi) is 5.92. The van der Waals surface area contributed by atoms with Gasteiger partial charge in [0.2, 0.25) is 0 Å². The van der Waals surface area contributed by atoms with Crippen LogP contribution in [-0.2, 0) is 0 Å². The Morgan fingerprint density at radius 3 is 2.61 bits per heavy atom. The molecular weight excluding hydrogens is 262 g/mol. The molecule has 0 saturated carbocycles. The molecule has 0 aromatic heterocycles. The van der Waals surface area contributed by atoms with Crippen molar-refractivity contribution in [2.24, 2.45) is 0 Å². The normalized spacial score (nSPS) is 11.8. The highest BCUT2D eigenvalue weighted by Crippen LogP contribution is 2.30. The van der Waals surface area contributed by atoms with Crippen LogP contribution in [-0.4, -0.2) is 19.6 Å². The lowest BCUT2D eigenvalue weighted by molar-refractivity contribution is -0.0512. The molecule has 0 atom stereocenters. The Labute approximate surface area is 110 Å². The van der Waals surface area contributed by atoms with Gasteiger partial charge >= 0.3 is 6.61 Å². The van der Waals surface area contributed by atoms with E-state index in [1.807, 2.05) is 13.0 Å². The van der Waals surface area contributed by atoms with E-state index in [1.54, 1.807) is 12.1 Å². The number of hydrogen-bond acceptors (Lipinski definition) is 2. The van der Waals surface area contributed by atoms with Gasteiger partial charge in [-0.3, -0.25) is 0 Å². The summed E-state index contributed by atoms with van der Waals surface area (Å²) < 4.78 is 33.7. The lowest BCUT2D eigenvalue weighted by Gasteiger charge is -2.10. The Balaban J connectivity index is 3.01. The van der Waals surface area contributed by atoms with Crippen LogP contribution in [0.2, 0.25) is 0 Å². The molecule has 0 aliphatic carbocycles. The third-order valence-corrected chi connectivity index (χ3v) is 2.74. The van der Waals surface area contributed by atoms with Crippen LogP contribution in [0.5, 0.6) is 11.5 Å². The molecule has 0 aliphatic rings. The van der Waals surface area contributed by atoms with Gasteiger partial charge in [-0.25, -0.2) is 0 Å². The van der Waals surface area contributed by atoms with Gasteiger partial charge in [-0.1, -0.05) is 24.6 Å². The molecular formula is C13H15ClF2O2. The number of allylic oxidation sites excluding steroid dienone is 1. The van der Waals surface area contributed by atoms with Crippen LogP contribution in [0, 0.1) is 0 Å². The summed E-state index contributed by atoms with van der Waals surface area (Å²) in [5.41, 5.74) is 1.90. The lowest BCUT2D eigenvalue weighted by Crippen LogP contribution is -2.03. The van der Waals surface area contributed by atoms with Crippen molar-refractivity contribution in [3.8, 4) is 11.5 Å². The lowest BCUT2D eigenvalue weighted by atomic mass is 10.1. The zero-order valence-corrected chi connectivity index (χ0v) is 11.0. The summed E-state index contributed by atoms with van der Waals surface area (Å²) in [6.45, 7) is -0.867. The van der Waals surface area contributed by atoms with Crippen LogP contribution < -0.4 is 9.47 Å². The molecule has 1 aromatic rings. The van der Waals surface area contributed by atoms with Gasteiger partial charge < -0.3 is 9.47 Å². The highest BCUT2D eigenvalue weighted by atomic mass is 35.5. The summed E-state index contributed by atoms with van der Waals surface area (Å²) in [5, 5.41) is 0. The molecule has 1 aromatic carbocycles. The minimum Gasteiger partial charge on any atom is -0.493 e. The van der Waals surface area contributed by atoms with Crippen LogP contribution in [0.25, 0.3) is 6.08 Å². The third kappa shape index (κ3) is 4.18. The number of ether oxygens (including phenoxy) is 2. The van der Waals surface area contributed by atoms with Crippen molar-refractivity contribution in [1.29, 1.82) is 0 Å². The maximum Gasteiger partial charge on any atom is 0.387 e. The second kappa shape index (κ2) is 7.21. The molecule has 0 spiro atoms. The predicted molar refractivity (Wildman–Crippen MR) is 68.6 cm³/mol. The van der Waals surface area contributed by atoms with E-state index in [1.165, 1.54) is 13.2 Å². The summed E-state index contributed by atoms with van der Waals surface area (Å²) in [5.74, 6) is 0.733. The second-order valence-electron chi connectivity index (χ2n) is 3.58. The highest BCUT2D eigenvalue weighted by Gasteiger charge is 2.10. The summed E-state index contributed by atoms with van der Waals surface area (Å²) >= 11 is 5.77. The van der Waals surface area contributed by atoms with Crippen LogP contribution in [0.15, 0.2) is 23.8 Å².